The Hall–Kier alpha value is -8.28. The van der Waals surface area contributed by atoms with Crippen LogP contribution in [0.5, 0.6) is 0 Å². The molecule has 284 valence electrons. The van der Waals surface area contributed by atoms with Crippen molar-refractivity contribution in [2.45, 2.75) is 0 Å². The van der Waals surface area contributed by atoms with Crippen molar-refractivity contribution in [3.63, 3.8) is 0 Å². The number of aromatic nitrogens is 5. The van der Waals surface area contributed by atoms with Gasteiger partial charge in [-0.1, -0.05) is 140 Å². The summed E-state index contributed by atoms with van der Waals surface area (Å²) >= 11 is 0. The van der Waals surface area contributed by atoms with Crippen LogP contribution < -0.4 is 0 Å². The standard InChI is InChI=1S/C56H35N5/c1-2-16-36(17-3-1)55-44-23-4-10-24-46(44)57-56(58-55)37-30-32-38(33-31-37)59-47-25-11-9-22-43(47)45-34-53(60-48-26-12-5-18-39(48)40-19-6-13-27-49(40)60)54(35-52(45)59)61-50-28-14-7-20-41(50)42-21-8-15-29-51(42)61/h1-35H. The highest BCUT2D eigenvalue weighted by Crippen LogP contribution is 2.42. The molecule has 0 N–H and O–H groups in total. The monoisotopic (exact) mass is 777 g/mol. The van der Waals surface area contributed by atoms with Crippen molar-refractivity contribution in [1.29, 1.82) is 0 Å². The fraction of sp³-hybridized carbons (Fsp3) is 0. The average Bonchev–Trinajstić information content (AvgIpc) is 3.96. The maximum absolute atomic E-state index is 5.18. The van der Waals surface area contributed by atoms with Gasteiger partial charge in [0.25, 0.3) is 0 Å². The third-order valence-corrected chi connectivity index (χ3v) is 12.4. The van der Waals surface area contributed by atoms with Gasteiger partial charge in [-0.2, -0.15) is 0 Å². The predicted molar refractivity (Wildman–Crippen MR) is 253 cm³/mol. The molecule has 61 heavy (non-hydrogen) atoms. The largest absolute Gasteiger partial charge is 0.309 e. The van der Waals surface area contributed by atoms with Gasteiger partial charge in [0.1, 0.15) is 0 Å². The quantitative estimate of drug-likeness (QED) is 0.175. The molecule has 0 fully saturated rings. The molecule has 4 heterocycles. The predicted octanol–water partition coefficient (Wildman–Crippen LogP) is 14.3. The Labute approximate surface area is 350 Å². The van der Waals surface area contributed by atoms with E-state index in [1.54, 1.807) is 0 Å². The molecule has 0 saturated carbocycles. The van der Waals surface area contributed by atoms with Crippen LogP contribution in [0.15, 0.2) is 212 Å². The molecule has 0 amide bonds. The fourth-order valence-electron chi connectivity index (χ4n) is 9.77. The van der Waals surface area contributed by atoms with Crippen molar-refractivity contribution in [3.8, 4) is 39.7 Å². The third kappa shape index (κ3) is 5.01. The summed E-state index contributed by atoms with van der Waals surface area (Å²) in [6.45, 7) is 0. The first-order chi connectivity index (χ1) is 30.3. The summed E-state index contributed by atoms with van der Waals surface area (Å²) < 4.78 is 7.35. The second-order valence-electron chi connectivity index (χ2n) is 15.8. The third-order valence-electron chi connectivity index (χ3n) is 12.4. The number of benzene rings is 9. The second kappa shape index (κ2) is 13.1. The van der Waals surface area contributed by atoms with Crippen molar-refractivity contribution in [3.05, 3.63) is 212 Å². The van der Waals surface area contributed by atoms with Crippen LogP contribution in [-0.2, 0) is 0 Å². The van der Waals surface area contributed by atoms with Gasteiger partial charge in [0.05, 0.1) is 55.7 Å². The second-order valence-corrected chi connectivity index (χ2v) is 15.8. The molecular formula is C56H35N5. The maximum Gasteiger partial charge on any atom is 0.160 e. The summed E-state index contributed by atoms with van der Waals surface area (Å²) in [6.07, 6.45) is 0. The van der Waals surface area contributed by atoms with E-state index in [2.05, 4.69) is 214 Å². The van der Waals surface area contributed by atoms with Crippen LogP contribution >= 0.6 is 0 Å². The van der Waals surface area contributed by atoms with Crippen LogP contribution in [0, 0.1) is 0 Å². The zero-order chi connectivity index (χ0) is 40.0. The lowest BCUT2D eigenvalue weighted by Gasteiger charge is -2.18. The van der Waals surface area contributed by atoms with Crippen LogP contribution in [0.3, 0.4) is 0 Å². The molecule has 0 radical (unpaired) electrons. The number of hydrogen-bond acceptors (Lipinski definition) is 2. The molecule has 9 aromatic carbocycles. The first-order valence-corrected chi connectivity index (χ1v) is 20.8. The van der Waals surface area contributed by atoms with Gasteiger partial charge in [-0.3, -0.25) is 0 Å². The summed E-state index contributed by atoms with van der Waals surface area (Å²) in [6, 6.07) is 76.2. The van der Waals surface area contributed by atoms with Gasteiger partial charge in [0.15, 0.2) is 5.82 Å². The summed E-state index contributed by atoms with van der Waals surface area (Å²) in [7, 11) is 0. The maximum atomic E-state index is 5.18. The first-order valence-electron chi connectivity index (χ1n) is 20.8. The van der Waals surface area contributed by atoms with Gasteiger partial charge in [-0.15, -0.1) is 0 Å². The molecule has 13 rings (SSSR count). The van der Waals surface area contributed by atoms with Gasteiger partial charge in [-0.25, -0.2) is 9.97 Å². The van der Waals surface area contributed by atoms with Crippen LogP contribution in [0.4, 0.5) is 0 Å². The SMILES string of the molecule is c1ccc(-c2nc(-c3ccc(-n4c5ccccc5c5cc(-n6c7ccccc7c7ccccc76)c(-n6c7ccccc7c7ccccc76)cc54)cc3)nc3ccccc23)cc1. The Morgan fingerprint density at radius 2 is 0.705 bits per heavy atom. The molecule has 0 atom stereocenters. The summed E-state index contributed by atoms with van der Waals surface area (Å²) in [5.41, 5.74) is 14.2. The molecular weight excluding hydrogens is 743 g/mol. The fourth-order valence-corrected chi connectivity index (χ4v) is 9.77. The van der Waals surface area contributed by atoms with Crippen molar-refractivity contribution in [1.82, 2.24) is 23.7 Å². The summed E-state index contributed by atoms with van der Waals surface area (Å²) in [5.74, 6) is 0.704. The Balaban J connectivity index is 1.09. The molecule has 0 aliphatic carbocycles. The Bertz CT molecular complexity index is 3760. The van der Waals surface area contributed by atoms with Gasteiger partial charge in [0, 0.05) is 54.5 Å². The molecule has 0 saturated heterocycles. The number of fused-ring (bicyclic) bond motifs is 10. The summed E-state index contributed by atoms with van der Waals surface area (Å²) in [5, 5.41) is 8.36. The molecule has 0 spiro atoms. The van der Waals surface area contributed by atoms with Crippen LogP contribution in [-0.4, -0.2) is 23.7 Å². The van der Waals surface area contributed by atoms with E-state index in [4.69, 9.17) is 9.97 Å². The van der Waals surface area contributed by atoms with E-state index < -0.39 is 0 Å². The normalized spacial score (nSPS) is 11.9. The van der Waals surface area contributed by atoms with Crippen molar-refractivity contribution >= 4 is 76.3 Å². The number of nitrogens with zero attached hydrogens (tertiary/aromatic N) is 5. The molecule has 13 aromatic rings. The lowest BCUT2D eigenvalue weighted by atomic mass is 10.1. The molecule has 0 aliphatic heterocycles. The Morgan fingerprint density at radius 3 is 1.25 bits per heavy atom. The topological polar surface area (TPSA) is 40.6 Å². The van der Waals surface area contributed by atoms with Crippen LogP contribution in [0.2, 0.25) is 0 Å². The Morgan fingerprint density at radius 1 is 0.279 bits per heavy atom. The van der Waals surface area contributed by atoms with Crippen molar-refractivity contribution in [2.75, 3.05) is 0 Å². The van der Waals surface area contributed by atoms with E-state index >= 15 is 0 Å². The van der Waals surface area contributed by atoms with Crippen LogP contribution in [0.1, 0.15) is 0 Å². The highest BCUT2D eigenvalue weighted by atomic mass is 15.1. The van der Waals surface area contributed by atoms with Crippen molar-refractivity contribution < 1.29 is 0 Å². The minimum Gasteiger partial charge on any atom is -0.309 e. The highest BCUT2D eigenvalue weighted by Gasteiger charge is 2.23. The summed E-state index contributed by atoms with van der Waals surface area (Å²) in [4.78, 5) is 10.2. The van der Waals surface area contributed by atoms with E-state index in [1.165, 1.54) is 54.4 Å². The van der Waals surface area contributed by atoms with Gasteiger partial charge >= 0.3 is 0 Å². The molecule has 5 nitrogen and oxygen atoms in total. The number of para-hydroxylation sites is 6. The lowest BCUT2D eigenvalue weighted by Crippen LogP contribution is -2.04. The van der Waals surface area contributed by atoms with Gasteiger partial charge in [-0.05, 0) is 72.8 Å². The molecule has 5 heteroatoms. The van der Waals surface area contributed by atoms with E-state index in [1.807, 2.05) is 12.1 Å². The zero-order valence-electron chi connectivity index (χ0n) is 32.9. The van der Waals surface area contributed by atoms with Crippen molar-refractivity contribution in [2.24, 2.45) is 0 Å². The van der Waals surface area contributed by atoms with Crippen LogP contribution in [0.25, 0.3) is 116 Å². The smallest absolute Gasteiger partial charge is 0.160 e. The first kappa shape index (κ1) is 33.7. The minimum absolute atomic E-state index is 0.704. The zero-order valence-corrected chi connectivity index (χ0v) is 32.9. The lowest BCUT2D eigenvalue weighted by molar-refractivity contribution is 1.09. The van der Waals surface area contributed by atoms with E-state index in [0.717, 1.165) is 55.8 Å². The average molecular weight is 778 g/mol. The molecule has 4 aromatic heterocycles. The number of hydrogen-bond donors (Lipinski definition) is 0. The Kier molecular flexibility index (Phi) is 7.24. The van der Waals surface area contributed by atoms with Gasteiger partial charge in [0.2, 0.25) is 0 Å². The van der Waals surface area contributed by atoms with E-state index in [0.29, 0.717) is 5.82 Å². The highest BCUT2D eigenvalue weighted by molar-refractivity contribution is 6.15. The molecule has 0 bridgehead atoms. The molecule has 0 unspecified atom stereocenters. The minimum atomic E-state index is 0.704. The molecule has 0 aliphatic rings. The van der Waals surface area contributed by atoms with Gasteiger partial charge < -0.3 is 13.7 Å². The van der Waals surface area contributed by atoms with E-state index in [9.17, 15) is 0 Å². The van der Waals surface area contributed by atoms with E-state index in [-0.39, 0.29) is 0 Å². The number of rotatable bonds is 5.